The van der Waals surface area contributed by atoms with Crippen LogP contribution in [0.25, 0.3) is 10.8 Å². The Hall–Kier alpha value is -2.60. The van der Waals surface area contributed by atoms with Crippen molar-refractivity contribution >= 4 is 17.2 Å². The monoisotopic (exact) mass is 370 g/mol. The van der Waals surface area contributed by atoms with E-state index < -0.39 is 0 Å². The van der Waals surface area contributed by atoms with Crippen LogP contribution in [0, 0.1) is 6.92 Å². The van der Waals surface area contributed by atoms with Crippen LogP contribution in [0.15, 0.2) is 46.2 Å². The molecule has 1 aromatic carbocycles. The lowest BCUT2D eigenvalue weighted by Gasteiger charge is -2.19. The van der Waals surface area contributed by atoms with E-state index in [-0.39, 0.29) is 12.3 Å². The Balaban J connectivity index is 1.68. The summed E-state index contributed by atoms with van der Waals surface area (Å²) in [6.07, 6.45) is 0.216. The van der Waals surface area contributed by atoms with Crippen molar-refractivity contribution in [2.24, 2.45) is 0 Å². The highest BCUT2D eigenvalue weighted by Crippen LogP contribution is 2.26. The number of aryl methyl sites for hydroxylation is 1. The lowest BCUT2D eigenvalue weighted by molar-refractivity contribution is -0.129. The zero-order valence-electron chi connectivity index (χ0n) is 15.2. The molecular formula is C20H22N2O3S. The minimum absolute atomic E-state index is 0.00886. The second-order valence-electron chi connectivity index (χ2n) is 5.97. The maximum Gasteiger partial charge on any atom is 0.236 e. The Bertz CT molecular complexity index is 871. The van der Waals surface area contributed by atoms with E-state index in [9.17, 15) is 4.79 Å². The predicted molar refractivity (Wildman–Crippen MR) is 102 cm³/mol. The number of rotatable bonds is 7. The van der Waals surface area contributed by atoms with E-state index in [1.165, 1.54) is 0 Å². The first kappa shape index (κ1) is 18.2. The van der Waals surface area contributed by atoms with Gasteiger partial charge in [0.1, 0.15) is 11.5 Å². The molecule has 0 aliphatic heterocycles. The number of likely N-dealkylation sites (N-methyl/N-ethyl adjacent to an activating group) is 1. The van der Waals surface area contributed by atoms with E-state index in [1.807, 2.05) is 55.6 Å². The summed E-state index contributed by atoms with van der Waals surface area (Å²) in [6.45, 7) is 4.88. The minimum atomic E-state index is -0.00886. The van der Waals surface area contributed by atoms with Crippen molar-refractivity contribution in [3.8, 4) is 16.5 Å². The fraction of sp³-hybridized carbons (Fsp3) is 0.300. The molecule has 0 bridgehead atoms. The van der Waals surface area contributed by atoms with E-state index in [0.717, 1.165) is 16.2 Å². The van der Waals surface area contributed by atoms with E-state index in [2.05, 4.69) is 4.98 Å². The van der Waals surface area contributed by atoms with Gasteiger partial charge in [-0.05, 0) is 31.4 Å². The van der Waals surface area contributed by atoms with Crippen LogP contribution in [0.5, 0.6) is 5.75 Å². The largest absolute Gasteiger partial charge is 0.494 e. The van der Waals surface area contributed by atoms with E-state index >= 15 is 0 Å². The molecule has 0 saturated carbocycles. The molecule has 136 valence electrons. The van der Waals surface area contributed by atoms with Gasteiger partial charge in [0.05, 0.1) is 23.6 Å². The molecular weight excluding hydrogens is 348 g/mol. The molecule has 3 aromatic rings. The van der Waals surface area contributed by atoms with Crippen molar-refractivity contribution in [2.75, 3.05) is 13.7 Å². The summed E-state index contributed by atoms with van der Waals surface area (Å²) in [5.74, 6) is 2.06. The van der Waals surface area contributed by atoms with E-state index in [4.69, 9.17) is 9.15 Å². The van der Waals surface area contributed by atoms with Crippen LogP contribution in [-0.2, 0) is 17.8 Å². The van der Waals surface area contributed by atoms with Crippen LogP contribution < -0.4 is 4.74 Å². The van der Waals surface area contributed by atoms with Crippen LogP contribution in [0.1, 0.15) is 23.9 Å². The molecule has 1 amide bonds. The molecule has 0 aliphatic carbocycles. The summed E-state index contributed by atoms with van der Waals surface area (Å²) in [6, 6.07) is 11.7. The first-order chi connectivity index (χ1) is 12.6. The molecule has 0 spiro atoms. The van der Waals surface area contributed by atoms with Crippen LogP contribution in [0.4, 0.5) is 0 Å². The minimum Gasteiger partial charge on any atom is -0.494 e. The second kappa shape index (κ2) is 8.19. The number of para-hydroxylation sites is 1. The fourth-order valence-corrected chi connectivity index (χ4v) is 3.30. The van der Waals surface area contributed by atoms with Gasteiger partial charge < -0.3 is 14.1 Å². The van der Waals surface area contributed by atoms with Crippen molar-refractivity contribution in [3.05, 3.63) is 58.8 Å². The molecule has 0 radical (unpaired) electrons. The first-order valence-corrected chi connectivity index (χ1v) is 9.41. The van der Waals surface area contributed by atoms with Crippen molar-refractivity contribution in [2.45, 2.75) is 26.8 Å². The second-order valence-corrected chi connectivity index (χ2v) is 6.91. The van der Waals surface area contributed by atoms with Gasteiger partial charge in [0.15, 0.2) is 0 Å². The zero-order chi connectivity index (χ0) is 18.5. The SMILES string of the molecule is CCOc1ccccc1CN(C)C(=O)Cc1nc(-c2cccs2)oc1C. The molecule has 6 heteroatoms. The van der Waals surface area contributed by atoms with Gasteiger partial charge in [-0.2, -0.15) is 0 Å². The topological polar surface area (TPSA) is 55.6 Å². The summed E-state index contributed by atoms with van der Waals surface area (Å²) in [4.78, 5) is 19.8. The Kier molecular flexibility index (Phi) is 5.73. The van der Waals surface area contributed by atoms with Gasteiger partial charge in [-0.3, -0.25) is 4.79 Å². The van der Waals surface area contributed by atoms with Gasteiger partial charge >= 0.3 is 0 Å². The summed E-state index contributed by atoms with van der Waals surface area (Å²) < 4.78 is 11.4. The number of hydrogen-bond acceptors (Lipinski definition) is 5. The normalized spacial score (nSPS) is 10.7. The molecule has 0 aliphatic rings. The lowest BCUT2D eigenvalue weighted by atomic mass is 10.1. The maximum absolute atomic E-state index is 12.6. The molecule has 2 heterocycles. The lowest BCUT2D eigenvalue weighted by Crippen LogP contribution is -2.28. The highest BCUT2D eigenvalue weighted by molar-refractivity contribution is 7.13. The van der Waals surface area contributed by atoms with Crippen molar-refractivity contribution in [1.82, 2.24) is 9.88 Å². The zero-order valence-corrected chi connectivity index (χ0v) is 16.0. The third-order valence-electron chi connectivity index (χ3n) is 4.05. The van der Waals surface area contributed by atoms with Gasteiger partial charge in [0.2, 0.25) is 11.8 Å². The quantitative estimate of drug-likeness (QED) is 0.622. The van der Waals surface area contributed by atoms with Gasteiger partial charge in [-0.15, -0.1) is 11.3 Å². The smallest absolute Gasteiger partial charge is 0.236 e. The molecule has 26 heavy (non-hydrogen) atoms. The van der Waals surface area contributed by atoms with Gasteiger partial charge in [0, 0.05) is 19.2 Å². The number of amides is 1. The molecule has 0 N–H and O–H groups in total. The van der Waals surface area contributed by atoms with E-state index in [0.29, 0.717) is 30.5 Å². The number of oxazole rings is 1. The van der Waals surface area contributed by atoms with Crippen molar-refractivity contribution < 1.29 is 13.9 Å². The number of carbonyl (C=O) groups is 1. The number of aromatic nitrogens is 1. The van der Waals surface area contributed by atoms with Gasteiger partial charge in [-0.1, -0.05) is 24.3 Å². The number of ether oxygens (including phenoxy) is 1. The van der Waals surface area contributed by atoms with Crippen LogP contribution >= 0.6 is 11.3 Å². The maximum atomic E-state index is 12.6. The number of carbonyl (C=O) groups excluding carboxylic acids is 1. The highest BCUT2D eigenvalue weighted by atomic mass is 32.1. The van der Waals surface area contributed by atoms with Crippen LogP contribution in [0.3, 0.4) is 0 Å². The predicted octanol–water partition coefficient (Wildman–Crippen LogP) is 4.31. The highest BCUT2D eigenvalue weighted by Gasteiger charge is 2.18. The summed E-state index contributed by atoms with van der Waals surface area (Å²) in [7, 11) is 1.79. The molecule has 0 fully saturated rings. The Morgan fingerprint density at radius 1 is 1.27 bits per heavy atom. The van der Waals surface area contributed by atoms with Gasteiger partial charge in [0.25, 0.3) is 0 Å². The Labute approximate surface area is 157 Å². The first-order valence-electron chi connectivity index (χ1n) is 8.53. The Morgan fingerprint density at radius 3 is 2.81 bits per heavy atom. The molecule has 0 unspecified atom stereocenters. The average Bonchev–Trinajstić information content (AvgIpc) is 3.27. The number of hydrogen-bond donors (Lipinski definition) is 0. The van der Waals surface area contributed by atoms with Crippen LogP contribution in [-0.4, -0.2) is 29.4 Å². The average molecular weight is 370 g/mol. The van der Waals surface area contributed by atoms with Gasteiger partial charge in [-0.25, -0.2) is 4.98 Å². The molecule has 0 atom stereocenters. The Morgan fingerprint density at radius 2 is 2.08 bits per heavy atom. The van der Waals surface area contributed by atoms with Crippen molar-refractivity contribution in [3.63, 3.8) is 0 Å². The molecule has 2 aromatic heterocycles. The van der Waals surface area contributed by atoms with E-state index in [1.54, 1.807) is 23.3 Å². The fourth-order valence-electron chi connectivity index (χ4n) is 2.65. The summed E-state index contributed by atoms with van der Waals surface area (Å²) in [5.41, 5.74) is 1.67. The summed E-state index contributed by atoms with van der Waals surface area (Å²) in [5, 5.41) is 1.98. The standard InChI is InChI=1S/C20H22N2O3S/c1-4-24-17-9-6-5-8-15(17)13-22(3)19(23)12-16-14(2)25-20(21-16)18-10-7-11-26-18/h5-11H,4,12-13H2,1-3H3. The molecule has 5 nitrogen and oxygen atoms in total. The number of nitrogens with zero attached hydrogens (tertiary/aromatic N) is 2. The third-order valence-corrected chi connectivity index (χ3v) is 4.91. The number of thiophene rings is 1. The molecule has 0 saturated heterocycles. The third kappa shape index (κ3) is 4.14. The van der Waals surface area contributed by atoms with Crippen LogP contribution in [0.2, 0.25) is 0 Å². The van der Waals surface area contributed by atoms with Crippen molar-refractivity contribution in [1.29, 1.82) is 0 Å². The summed E-state index contributed by atoms with van der Waals surface area (Å²) >= 11 is 1.57. The molecule has 3 rings (SSSR count). The number of benzene rings is 1.